The average Bonchev–Trinajstić information content (AvgIpc) is 2.83. The molecule has 80 valence electrons. The summed E-state index contributed by atoms with van der Waals surface area (Å²) in [6, 6.07) is 0. The Morgan fingerprint density at radius 2 is 2.20 bits per heavy atom. The molecular formula is C15H20. The van der Waals surface area contributed by atoms with E-state index < -0.39 is 0 Å². The first-order chi connectivity index (χ1) is 7.35. The molecule has 2 rings (SSSR count). The summed E-state index contributed by atoms with van der Waals surface area (Å²) in [5.74, 6) is 0.851. The topological polar surface area (TPSA) is 0 Å². The predicted octanol–water partition coefficient (Wildman–Crippen LogP) is 4.57. The van der Waals surface area contributed by atoms with Crippen LogP contribution < -0.4 is 0 Å². The Morgan fingerprint density at radius 3 is 2.80 bits per heavy atom. The van der Waals surface area contributed by atoms with E-state index in [1.807, 2.05) is 6.08 Å². The Kier molecular flexibility index (Phi) is 3.25. The zero-order valence-electron chi connectivity index (χ0n) is 9.63. The SMILES string of the molecule is C=CCCC=CC1=C2CC(=CC)C(C1)C2. The smallest absolute Gasteiger partial charge is 0.00995 e. The van der Waals surface area contributed by atoms with Crippen molar-refractivity contribution in [1.29, 1.82) is 0 Å². The van der Waals surface area contributed by atoms with E-state index in [1.54, 1.807) is 16.7 Å². The Morgan fingerprint density at radius 1 is 1.33 bits per heavy atom. The molecule has 0 aliphatic heterocycles. The minimum Gasteiger partial charge on any atom is -0.103 e. The van der Waals surface area contributed by atoms with E-state index >= 15 is 0 Å². The largest absolute Gasteiger partial charge is 0.103 e. The van der Waals surface area contributed by atoms with Gasteiger partial charge in [0.1, 0.15) is 0 Å². The van der Waals surface area contributed by atoms with Gasteiger partial charge in [-0.15, -0.1) is 6.58 Å². The van der Waals surface area contributed by atoms with Gasteiger partial charge in [-0.25, -0.2) is 0 Å². The van der Waals surface area contributed by atoms with E-state index in [4.69, 9.17) is 0 Å². The maximum absolute atomic E-state index is 3.74. The van der Waals surface area contributed by atoms with Gasteiger partial charge in [0.2, 0.25) is 0 Å². The van der Waals surface area contributed by atoms with Crippen LogP contribution in [0.4, 0.5) is 0 Å². The summed E-state index contributed by atoms with van der Waals surface area (Å²) in [4.78, 5) is 0. The predicted molar refractivity (Wildman–Crippen MR) is 66.7 cm³/mol. The molecule has 0 amide bonds. The third-order valence-electron chi connectivity index (χ3n) is 3.58. The summed E-state index contributed by atoms with van der Waals surface area (Å²) >= 11 is 0. The van der Waals surface area contributed by atoms with Crippen LogP contribution in [0.1, 0.15) is 39.0 Å². The van der Waals surface area contributed by atoms with Crippen LogP contribution in [-0.2, 0) is 0 Å². The zero-order chi connectivity index (χ0) is 10.7. The molecular weight excluding hydrogens is 180 g/mol. The summed E-state index contributed by atoms with van der Waals surface area (Å²) in [6.45, 7) is 5.91. The van der Waals surface area contributed by atoms with Crippen molar-refractivity contribution in [3.63, 3.8) is 0 Å². The summed E-state index contributed by atoms with van der Waals surface area (Å²) in [7, 11) is 0. The lowest BCUT2D eigenvalue weighted by Crippen LogP contribution is -1.96. The Labute approximate surface area is 93.1 Å². The van der Waals surface area contributed by atoms with Crippen molar-refractivity contribution in [2.75, 3.05) is 0 Å². The van der Waals surface area contributed by atoms with Crippen molar-refractivity contribution in [1.82, 2.24) is 0 Å². The molecule has 2 bridgehead atoms. The molecule has 2 aliphatic rings. The maximum atomic E-state index is 3.74. The minimum absolute atomic E-state index is 0.851. The zero-order valence-corrected chi connectivity index (χ0v) is 9.63. The molecule has 0 N–H and O–H groups in total. The van der Waals surface area contributed by atoms with Gasteiger partial charge >= 0.3 is 0 Å². The maximum Gasteiger partial charge on any atom is -0.00995 e. The van der Waals surface area contributed by atoms with E-state index in [0.717, 1.165) is 18.8 Å². The highest BCUT2D eigenvalue weighted by atomic mass is 14.4. The molecule has 0 saturated heterocycles. The fourth-order valence-corrected chi connectivity index (χ4v) is 2.71. The van der Waals surface area contributed by atoms with Crippen molar-refractivity contribution < 1.29 is 0 Å². The van der Waals surface area contributed by atoms with Crippen molar-refractivity contribution in [2.24, 2.45) is 5.92 Å². The lowest BCUT2D eigenvalue weighted by atomic mass is 9.93. The van der Waals surface area contributed by atoms with Crippen LogP contribution in [0.25, 0.3) is 0 Å². The van der Waals surface area contributed by atoms with Crippen LogP contribution in [0.3, 0.4) is 0 Å². The number of unbranched alkanes of at least 4 members (excludes halogenated alkanes) is 1. The van der Waals surface area contributed by atoms with Gasteiger partial charge in [-0.3, -0.25) is 0 Å². The van der Waals surface area contributed by atoms with Gasteiger partial charge in [0.25, 0.3) is 0 Å². The summed E-state index contributed by atoms with van der Waals surface area (Å²) in [6.07, 6.45) is 15.1. The monoisotopic (exact) mass is 200 g/mol. The number of allylic oxidation sites excluding steroid dienone is 7. The van der Waals surface area contributed by atoms with Crippen LogP contribution in [0.15, 0.2) is 47.6 Å². The van der Waals surface area contributed by atoms with Gasteiger partial charge in [0.15, 0.2) is 0 Å². The van der Waals surface area contributed by atoms with E-state index in [1.165, 1.54) is 19.3 Å². The van der Waals surface area contributed by atoms with Gasteiger partial charge < -0.3 is 0 Å². The standard InChI is InChI=1S/C15H20/c1-3-5-6-7-8-13-10-14-11-15(13)9-12(14)4-2/h3-4,7-8,14H,1,5-6,9-11H2,2H3. The molecule has 2 aliphatic carbocycles. The first-order valence-electron chi connectivity index (χ1n) is 5.98. The molecule has 0 aromatic heterocycles. The summed E-state index contributed by atoms with van der Waals surface area (Å²) in [5.41, 5.74) is 4.99. The Bertz CT molecular complexity index is 339. The molecule has 0 aromatic carbocycles. The van der Waals surface area contributed by atoms with E-state index in [0.29, 0.717) is 0 Å². The van der Waals surface area contributed by atoms with Crippen LogP contribution in [0.5, 0.6) is 0 Å². The Balaban J connectivity index is 1.96. The van der Waals surface area contributed by atoms with E-state index in [9.17, 15) is 0 Å². The lowest BCUT2D eigenvalue weighted by Gasteiger charge is -2.12. The molecule has 1 unspecified atom stereocenters. The lowest BCUT2D eigenvalue weighted by molar-refractivity contribution is 0.685. The fraction of sp³-hybridized carbons (Fsp3) is 0.467. The molecule has 15 heavy (non-hydrogen) atoms. The van der Waals surface area contributed by atoms with Crippen LogP contribution in [-0.4, -0.2) is 0 Å². The molecule has 0 heteroatoms. The van der Waals surface area contributed by atoms with E-state index in [-0.39, 0.29) is 0 Å². The van der Waals surface area contributed by atoms with Gasteiger partial charge in [0.05, 0.1) is 0 Å². The Hall–Kier alpha value is -1.04. The number of hydrogen-bond acceptors (Lipinski definition) is 0. The highest BCUT2D eigenvalue weighted by Gasteiger charge is 2.32. The molecule has 0 radical (unpaired) electrons. The minimum atomic E-state index is 0.851. The molecule has 1 fully saturated rings. The second kappa shape index (κ2) is 4.65. The highest BCUT2D eigenvalue weighted by Crippen LogP contribution is 2.47. The van der Waals surface area contributed by atoms with Crippen LogP contribution >= 0.6 is 0 Å². The van der Waals surface area contributed by atoms with Crippen molar-refractivity contribution in [2.45, 2.75) is 39.0 Å². The average molecular weight is 200 g/mol. The molecule has 0 aromatic rings. The van der Waals surface area contributed by atoms with Crippen molar-refractivity contribution >= 4 is 0 Å². The van der Waals surface area contributed by atoms with Gasteiger partial charge in [-0.2, -0.15) is 0 Å². The summed E-state index contributed by atoms with van der Waals surface area (Å²) < 4.78 is 0. The normalized spacial score (nSPS) is 27.3. The molecule has 0 heterocycles. The van der Waals surface area contributed by atoms with Crippen molar-refractivity contribution in [3.05, 3.63) is 47.6 Å². The van der Waals surface area contributed by atoms with Gasteiger partial charge in [-0.05, 0) is 50.5 Å². The van der Waals surface area contributed by atoms with Crippen LogP contribution in [0.2, 0.25) is 0 Å². The van der Waals surface area contributed by atoms with Gasteiger partial charge in [0, 0.05) is 0 Å². The third kappa shape index (κ3) is 2.14. The molecule has 0 spiro atoms. The first kappa shape index (κ1) is 10.5. The van der Waals surface area contributed by atoms with Crippen LogP contribution in [0, 0.1) is 5.92 Å². The quantitative estimate of drug-likeness (QED) is 0.461. The highest BCUT2D eigenvalue weighted by molar-refractivity contribution is 5.42. The van der Waals surface area contributed by atoms with E-state index in [2.05, 4.69) is 31.7 Å². The second-order valence-corrected chi connectivity index (χ2v) is 4.54. The first-order valence-corrected chi connectivity index (χ1v) is 5.98. The molecule has 1 saturated carbocycles. The number of hydrogen-bond donors (Lipinski definition) is 0. The summed E-state index contributed by atoms with van der Waals surface area (Å²) in [5, 5.41) is 0. The number of fused-ring (bicyclic) bond motifs is 2. The molecule has 0 nitrogen and oxygen atoms in total. The number of rotatable bonds is 4. The molecule has 1 atom stereocenters. The second-order valence-electron chi connectivity index (χ2n) is 4.54. The van der Waals surface area contributed by atoms with Gasteiger partial charge in [-0.1, -0.05) is 35.5 Å². The fourth-order valence-electron chi connectivity index (χ4n) is 2.71. The third-order valence-corrected chi connectivity index (χ3v) is 3.58. The van der Waals surface area contributed by atoms with Crippen molar-refractivity contribution in [3.8, 4) is 0 Å².